The maximum absolute atomic E-state index is 12.6. The molecular formula is C22H24N2O3. The molecular weight excluding hydrogens is 340 g/mol. The molecule has 1 amide bonds. The minimum absolute atomic E-state index is 0.0653. The summed E-state index contributed by atoms with van der Waals surface area (Å²) in [6.45, 7) is 2.64. The van der Waals surface area contributed by atoms with Crippen LogP contribution in [0.5, 0.6) is 5.75 Å². The fourth-order valence-corrected chi connectivity index (χ4v) is 3.10. The summed E-state index contributed by atoms with van der Waals surface area (Å²) in [5, 5.41) is 10.0. The van der Waals surface area contributed by atoms with Crippen LogP contribution in [0.2, 0.25) is 0 Å². The Morgan fingerprint density at radius 2 is 2.00 bits per heavy atom. The molecule has 3 aromatic rings. The van der Waals surface area contributed by atoms with Gasteiger partial charge < -0.3 is 14.7 Å². The van der Waals surface area contributed by atoms with Gasteiger partial charge in [0.2, 0.25) is 0 Å². The number of carbonyl (C=O) groups is 1. The van der Waals surface area contributed by atoms with Gasteiger partial charge in [0.1, 0.15) is 5.75 Å². The Morgan fingerprint density at radius 3 is 2.74 bits per heavy atom. The SMILES string of the molecule is COc1ccc2c(C)cc(-c3cccc(C(=O)N(C)CCCO)c3)nc2c1. The molecule has 0 fully saturated rings. The molecule has 5 nitrogen and oxygen atoms in total. The third-order valence-corrected chi connectivity index (χ3v) is 4.63. The molecule has 0 saturated heterocycles. The van der Waals surface area contributed by atoms with Crippen molar-refractivity contribution in [1.82, 2.24) is 9.88 Å². The monoisotopic (exact) mass is 364 g/mol. The topological polar surface area (TPSA) is 62.7 Å². The first-order valence-electron chi connectivity index (χ1n) is 8.95. The highest BCUT2D eigenvalue weighted by Crippen LogP contribution is 2.27. The minimum atomic E-state index is -0.0653. The van der Waals surface area contributed by atoms with E-state index in [0.29, 0.717) is 18.5 Å². The first-order chi connectivity index (χ1) is 13.0. The van der Waals surface area contributed by atoms with Crippen LogP contribution in [0.4, 0.5) is 0 Å². The van der Waals surface area contributed by atoms with Gasteiger partial charge in [-0.1, -0.05) is 12.1 Å². The lowest BCUT2D eigenvalue weighted by Crippen LogP contribution is -2.28. The smallest absolute Gasteiger partial charge is 0.253 e. The van der Waals surface area contributed by atoms with Crippen molar-refractivity contribution in [3.63, 3.8) is 0 Å². The summed E-state index contributed by atoms with van der Waals surface area (Å²) >= 11 is 0. The second-order valence-corrected chi connectivity index (χ2v) is 6.59. The first-order valence-corrected chi connectivity index (χ1v) is 8.95. The van der Waals surface area contributed by atoms with Crippen LogP contribution in [-0.2, 0) is 0 Å². The number of pyridine rings is 1. The van der Waals surface area contributed by atoms with Gasteiger partial charge in [0, 0.05) is 42.8 Å². The van der Waals surface area contributed by atoms with E-state index < -0.39 is 0 Å². The molecule has 0 unspecified atom stereocenters. The van der Waals surface area contributed by atoms with E-state index in [1.165, 1.54) is 0 Å². The molecule has 2 aromatic carbocycles. The predicted octanol–water partition coefficient (Wildman–Crippen LogP) is 3.67. The molecule has 0 atom stereocenters. The van der Waals surface area contributed by atoms with Crippen LogP contribution >= 0.6 is 0 Å². The molecule has 0 spiro atoms. The third kappa shape index (κ3) is 4.09. The van der Waals surface area contributed by atoms with Crippen LogP contribution in [0, 0.1) is 6.92 Å². The maximum atomic E-state index is 12.6. The Bertz CT molecular complexity index is 969. The van der Waals surface area contributed by atoms with Gasteiger partial charge in [-0.3, -0.25) is 4.79 Å². The van der Waals surface area contributed by atoms with Crippen molar-refractivity contribution in [3.05, 3.63) is 59.7 Å². The van der Waals surface area contributed by atoms with E-state index in [9.17, 15) is 4.79 Å². The van der Waals surface area contributed by atoms with E-state index in [1.54, 1.807) is 25.1 Å². The van der Waals surface area contributed by atoms with E-state index in [2.05, 4.69) is 6.92 Å². The Kier molecular flexibility index (Phi) is 5.72. The van der Waals surface area contributed by atoms with Gasteiger partial charge in [0.15, 0.2) is 0 Å². The number of fused-ring (bicyclic) bond motifs is 1. The number of hydrogen-bond donors (Lipinski definition) is 1. The molecule has 0 aliphatic carbocycles. The van der Waals surface area contributed by atoms with Gasteiger partial charge >= 0.3 is 0 Å². The summed E-state index contributed by atoms with van der Waals surface area (Å²) in [5.74, 6) is 0.700. The Hall–Kier alpha value is -2.92. The highest BCUT2D eigenvalue weighted by molar-refractivity contribution is 5.95. The molecule has 140 valence electrons. The van der Waals surface area contributed by atoms with Crippen molar-refractivity contribution in [3.8, 4) is 17.0 Å². The summed E-state index contributed by atoms with van der Waals surface area (Å²) < 4.78 is 5.31. The van der Waals surface area contributed by atoms with E-state index in [-0.39, 0.29) is 12.5 Å². The molecule has 1 N–H and O–H groups in total. The Balaban J connectivity index is 1.98. The average molecular weight is 364 g/mol. The number of aliphatic hydroxyl groups is 1. The zero-order chi connectivity index (χ0) is 19.4. The molecule has 0 bridgehead atoms. The van der Waals surface area contributed by atoms with E-state index in [0.717, 1.165) is 33.5 Å². The lowest BCUT2D eigenvalue weighted by Gasteiger charge is -2.17. The number of hydrogen-bond acceptors (Lipinski definition) is 4. The van der Waals surface area contributed by atoms with Gasteiger partial charge in [-0.15, -0.1) is 0 Å². The van der Waals surface area contributed by atoms with Crippen LogP contribution in [0.3, 0.4) is 0 Å². The van der Waals surface area contributed by atoms with Crippen LogP contribution in [-0.4, -0.2) is 48.2 Å². The first kappa shape index (κ1) is 18.9. The quantitative estimate of drug-likeness (QED) is 0.725. The number of amides is 1. The molecule has 1 heterocycles. The normalized spacial score (nSPS) is 10.8. The predicted molar refractivity (Wildman–Crippen MR) is 107 cm³/mol. The number of rotatable bonds is 6. The zero-order valence-corrected chi connectivity index (χ0v) is 15.9. The number of ether oxygens (including phenoxy) is 1. The van der Waals surface area contributed by atoms with Crippen molar-refractivity contribution in [1.29, 1.82) is 0 Å². The van der Waals surface area contributed by atoms with Crippen LogP contribution in [0.1, 0.15) is 22.3 Å². The summed E-state index contributed by atoms with van der Waals surface area (Å²) in [6.07, 6.45) is 0.565. The van der Waals surface area contributed by atoms with Crippen molar-refractivity contribution < 1.29 is 14.6 Å². The maximum Gasteiger partial charge on any atom is 0.253 e. The second-order valence-electron chi connectivity index (χ2n) is 6.59. The fraction of sp³-hybridized carbons (Fsp3) is 0.273. The summed E-state index contributed by atoms with van der Waals surface area (Å²) in [6, 6.07) is 15.4. The van der Waals surface area contributed by atoms with Crippen LogP contribution < -0.4 is 4.74 Å². The number of methoxy groups -OCH3 is 1. The molecule has 3 rings (SSSR count). The van der Waals surface area contributed by atoms with Gasteiger partial charge in [0.25, 0.3) is 5.91 Å². The molecule has 0 saturated carbocycles. The Morgan fingerprint density at radius 1 is 1.19 bits per heavy atom. The van der Waals surface area contributed by atoms with Crippen LogP contribution in [0.15, 0.2) is 48.5 Å². The largest absolute Gasteiger partial charge is 0.497 e. The molecule has 0 aliphatic heterocycles. The number of carbonyl (C=O) groups excluding carboxylic acids is 1. The lowest BCUT2D eigenvalue weighted by atomic mass is 10.0. The Labute approximate surface area is 159 Å². The summed E-state index contributed by atoms with van der Waals surface area (Å²) in [5.41, 5.74) is 4.30. The minimum Gasteiger partial charge on any atom is -0.497 e. The third-order valence-electron chi connectivity index (χ3n) is 4.63. The number of aryl methyl sites for hydroxylation is 1. The molecule has 0 radical (unpaired) electrons. The average Bonchev–Trinajstić information content (AvgIpc) is 2.70. The highest BCUT2D eigenvalue weighted by atomic mass is 16.5. The van der Waals surface area contributed by atoms with Crippen molar-refractivity contribution in [2.75, 3.05) is 27.3 Å². The fourth-order valence-electron chi connectivity index (χ4n) is 3.10. The zero-order valence-electron chi connectivity index (χ0n) is 15.9. The number of aliphatic hydroxyl groups excluding tert-OH is 1. The molecule has 5 heteroatoms. The van der Waals surface area contributed by atoms with Gasteiger partial charge in [0.05, 0.1) is 18.3 Å². The van der Waals surface area contributed by atoms with Gasteiger partial charge in [-0.05, 0) is 49.2 Å². The number of aromatic nitrogens is 1. The standard InChI is InChI=1S/C22H24N2O3/c1-15-12-20(23-21-14-18(27-3)8-9-19(15)21)16-6-4-7-17(13-16)22(26)24(2)10-5-11-25/h4,6-9,12-14,25H,5,10-11H2,1-3H3. The summed E-state index contributed by atoms with van der Waals surface area (Å²) in [4.78, 5) is 19.0. The summed E-state index contributed by atoms with van der Waals surface area (Å²) in [7, 11) is 3.38. The molecule has 1 aromatic heterocycles. The van der Waals surface area contributed by atoms with Crippen molar-refractivity contribution >= 4 is 16.8 Å². The lowest BCUT2D eigenvalue weighted by molar-refractivity contribution is 0.0786. The van der Waals surface area contributed by atoms with Crippen LogP contribution in [0.25, 0.3) is 22.2 Å². The van der Waals surface area contributed by atoms with Crippen molar-refractivity contribution in [2.24, 2.45) is 0 Å². The molecule has 0 aliphatic rings. The van der Waals surface area contributed by atoms with Gasteiger partial charge in [-0.25, -0.2) is 4.98 Å². The number of nitrogens with zero attached hydrogens (tertiary/aromatic N) is 2. The van der Waals surface area contributed by atoms with E-state index in [4.69, 9.17) is 14.8 Å². The van der Waals surface area contributed by atoms with E-state index in [1.807, 2.05) is 42.5 Å². The second kappa shape index (κ2) is 8.18. The number of benzene rings is 2. The van der Waals surface area contributed by atoms with Crippen molar-refractivity contribution in [2.45, 2.75) is 13.3 Å². The molecule has 27 heavy (non-hydrogen) atoms. The van der Waals surface area contributed by atoms with Gasteiger partial charge in [-0.2, -0.15) is 0 Å². The van der Waals surface area contributed by atoms with E-state index >= 15 is 0 Å². The highest BCUT2D eigenvalue weighted by Gasteiger charge is 2.13.